The summed E-state index contributed by atoms with van der Waals surface area (Å²) in [6.07, 6.45) is 0. The van der Waals surface area contributed by atoms with E-state index in [0.717, 1.165) is 5.56 Å². The SMILES string of the molecule is Cc1ccccc1C(=O)Nc1ccc(C(=O)C(C)Br)cc1. The van der Waals surface area contributed by atoms with Gasteiger partial charge in [-0.3, -0.25) is 9.59 Å². The predicted octanol–water partition coefficient (Wildman–Crippen LogP) is 4.21. The van der Waals surface area contributed by atoms with Gasteiger partial charge < -0.3 is 5.32 Å². The largest absolute Gasteiger partial charge is 0.322 e. The highest BCUT2D eigenvalue weighted by Gasteiger charge is 2.12. The second-order valence-electron chi connectivity index (χ2n) is 4.83. The Morgan fingerprint density at radius 1 is 1.05 bits per heavy atom. The molecule has 0 fully saturated rings. The van der Waals surface area contributed by atoms with E-state index in [9.17, 15) is 9.59 Å². The third-order valence-electron chi connectivity index (χ3n) is 3.18. The Bertz CT molecular complexity index is 663. The van der Waals surface area contributed by atoms with Gasteiger partial charge in [0.05, 0.1) is 4.83 Å². The highest BCUT2D eigenvalue weighted by atomic mass is 79.9. The molecule has 0 bridgehead atoms. The van der Waals surface area contributed by atoms with Crippen molar-refractivity contribution in [1.82, 2.24) is 0 Å². The standard InChI is InChI=1S/C17H16BrNO2/c1-11-5-3-4-6-15(11)17(21)19-14-9-7-13(8-10-14)16(20)12(2)18/h3-10,12H,1-2H3,(H,19,21). The van der Waals surface area contributed by atoms with E-state index in [4.69, 9.17) is 0 Å². The number of ketones is 1. The van der Waals surface area contributed by atoms with Crippen LogP contribution in [0.15, 0.2) is 48.5 Å². The van der Waals surface area contributed by atoms with E-state index in [2.05, 4.69) is 21.2 Å². The first-order valence-corrected chi connectivity index (χ1v) is 7.56. The average molecular weight is 346 g/mol. The lowest BCUT2D eigenvalue weighted by Crippen LogP contribution is -2.14. The van der Waals surface area contributed by atoms with E-state index in [1.54, 1.807) is 37.3 Å². The topological polar surface area (TPSA) is 46.2 Å². The fourth-order valence-corrected chi connectivity index (χ4v) is 2.24. The van der Waals surface area contributed by atoms with Crippen molar-refractivity contribution in [2.75, 3.05) is 5.32 Å². The Hall–Kier alpha value is -1.94. The van der Waals surface area contributed by atoms with Crippen molar-refractivity contribution in [3.05, 3.63) is 65.2 Å². The van der Waals surface area contributed by atoms with Crippen LogP contribution in [0.3, 0.4) is 0 Å². The molecule has 2 aromatic rings. The summed E-state index contributed by atoms with van der Waals surface area (Å²) in [6.45, 7) is 3.68. The molecule has 1 atom stereocenters. The maximum atomic E-state index is 12.2. The molecule has 0 saturated carbocycles. The van der Waals surface area contributed by atoms with Gasteiger partial charge in [0.25, 0.3) is 5.91 Å². The second-order valence-corrected chi connectivity index (χ2v) is 6.20. The lowest BCUT2D eigenvalue weighted by atomic mass is 10.1. The number of rotatable bonds is 4. The Kier molecular flexibility index (Phi) is 4.91. The average Bonchev–Trinajstić information content (AvgIpc) is 2.47. The summed E-state index contributed by atoms with van der Waals surface area (Å²) >= 11 is 3.25. The van der Waals surface area contributed by atoms with E-state index < -0.39 is 0 Å². The highest BCUT2D eigenvalue weighted by molar-refractivity contribution is 9.10. The minimum atomic E-state index is -0.218. The Morgan fingerprint density at radius 2 is 1.67 bits per heavy atom. The smallest absolute Gasteiger partial charge is 0.255 e. The molecule has 2 aromatic carbocycles. The minimum Gasteiger partial charge on any atom is -0.322 e. The number of amides is 1. The molecule has 0 spiro atoms. The van der Waals surface area contributed by atoms with Crippen molar-refractivity contribution in [3.8, 4) is 0 Å². The van der Waals surface area contributed by atoms with E-state index >= 15 is 0 Å². The molecule has 21 heavy (non-hydrogen) atoms. The summed E-state index contributed by atoms with van der Waals surface area (Å²) in [4.78, 5) is 23.8. The van der Waals surface area contributed by atoms with E-state index in [1.165, 1.54) is 0 Å². The van der Waals surface area contributed by atoms with Gasteiger partial charge in [0.2, 0.25) is 0 Å². The first-order chi connectivity index (χ1) is 9.99. The van der Waals surface area contributed by atoms with Crippen LogP contribution in [0, 0.1) is 6.92 Å². The number of aryl methyl sites for hydroxylation is 1. The van der Waals surface area contributed by atoms with Gasteiger partial charge in [0.15, 0.2) is 5.78 Å². The van der Waals surface area contributed by atoms with Crippen molar-refractivity contribution in [3.63, 3.8) is 0 Å². The van der Waals surface area contributed by atoms with Gasteiger partial charge in [-0.25, -0.2) is 0 Å². The maximum absolute atomic E-state index is 12.2. The molecule has 4 heteroatoms. The zero-order chi connectivity index (χ0) is 15.4. The second kappa shape index (κ2) is 6.68. The number of alkyl halides is 1. The number of halogens is 1. The molecular weight excluding hydrogens is 330 g/mol. The lowest BCUT2D eigenvalue weighted by Gasteiger charge is -2.08. The molecule has 0 heterocycles. The maximum Gasteiger partial charge on any atom is 0.255 e. The molecule has 0 aliphatic heterocycles. The predicted molar refractivity (Wildman–Crippen MR) is 88.3 cm³/mol. The van der Waals surface area contributed by atoms with Crippen LogP contribution in [0.2, 0.25) is 0 Å². The monoisotopic (exact) mass is 345 g/mol. The summed E-state index contributed by atoms with van der Waals surface area (Å²) in [6, 6.07) is 14.3. The summed E-state index contributed by atoms with van der Waals surface area (Å²) in [5.74, 6) is -0.132. The number of hydrogen-bond acceptors (Lipinski definition) is 2. The molecule has 0 saturated heterocycles. The van der Waals surface area contributed by atoms with Crippen LogP contribution in [0.5, 0.6) is 0 Å². The highest BCUT2D eigenvalue weighted by Crippen LogP contribution is 2.16. The van der Waals surface area contributed by atoms with E-state index in [1.807, 2.05) is 25.1 Å². The zero-order valence-corrected chi connectivity index (χ0v) is 13.5. The van der Waals surface area contributed by atoms with Crippen LogP contribution in [-0.2, 0) is 0 Å². The Labute approximate surface area is 132 Å². The Morgan fingerprint density at radius 3 is 2.24 bits per heavy atom. The van der Waals surface area contributed by atoms with Crippen molar-refractivity contribution >= 4 is 33.3 Å². The van der Waals surface area contributed by atoms with Crippen molar-refractivity contribution in [2.45, 2.75) is 18.7 Å². The molecular formula is C17H16BrNO2. The van der Waals surface area contributed by atoms with Gasteiger partial charge in [-0.1, -0.05) is 34.1 Å². The number of benzene rings is 2. The third kappa shape index (κ3) is 3.79. The molecule has 1 unspecified atom stereocenters. The summed E-state index contributed by atoms with van der Waals surface area (Å²) in [5.41, 5.74) is 2.86. The summed E-state index contributed by atoms with van der Waals surface area (Å²) < 4.78 is 0. The molecule has 2 rings (SSSR count). The number of Topliss-reactive ketones (excluding diaryl/α,β-unsaturated/α-hetero) is 1. The first-order valence-electron chi connectivity index (χ1n) is 6.64. The summed E-state index contributed by atoms with van der Waals surface area (Å²) in [7, 11) is 0. The van der Waals surface area contributed by atoms with Crippen molar-refractivity contribution in [2.24, 2.45) is 0 Å². The number of nitrogens with one attached hydrogen (secondary N) is 1. The molecule has 3 nitrogen and oxygen atoms in total. The number of carbonyl (C=O) groups is 2. The summed E-state index contributed by atoms with van der Waals surface area (Å²) in [5, 5.41) is 2.83. The molecule has 0 aliphatic rings. The van der Waals surface area contributed by atoms with Gasteiger partial charge in [0.1, 0.15) is 0 Å². The van der Waals surface area contributed by atoms with Crippen LogP contribution in [0.25, 0.3) is 0 Å². The fraction of sp³-hybridized carbons (Fsp3) is 0.176. The van der Waals surface area contributed by atoms with Crippen molar-refractivity contribution < 1.29 is 9.59 Å². The normalized spacial score (nSPS) is 11.8. The van der Waals surface area contributed by atoms with E-state index in [-0.39, 0.29) is 16.5 Å². The Balaban J connectivity index is 2.12. The van der Waals surface area contributed by atoms with Gasteiger partial charge in [0, 0.05) is 16.8 Å². The first kappa shape index (κ1) is 15.4. The van der Waals surface area contributed by atoms with Gasteiger partial charge >= 0.3 is 0 Å². The molecule has 1 N–H and O–H groups in total. The number of carbonyl (C=O) groups excluding carboxylic acids is 2. The molecule has 108 valence electrons. The molecule has 1 amide bonds. The number of anilines is 1. The third-order valence-corrected chi connectivity index (χ3v) is 3.59. The van der Waals surface area contributed by atoms with Crippen LogP contribution >= 0.6 is 15.9 Å². The zero-order valence-electron chi connectivity index (χ0n) is 11.9. The van der Waals surface area contributed by atoms with Crippen LogP contribution < -0.4 is 5.32 Å². The van der Waals surface area contributed by atoms with Crippen LogP contribution in [-0.4, -0.2) is 16.5 Å². The van der Waals surface area contributed by atoms with Crippen LogP contribution in [0.4, 0.5) is 5.69 Å². The van der Waals surface area contributed by atoms with E-state index in [0.29, 0.717) is 16.8 Å². The molecule has 0 aromatic heterocycles. The van der Waals surface area contributed by atoms with Crippen LogP contribution in [0.1, 0.15) is 33.2 Å². The molecule has 0 radical (unpaired) electrons. The fourth-order valence-electron chi connectivity index (χ4n) is 1.97. The van der Waals surface area contributed by atoms with Crippen molar-refractivity contribution in [1.29, 1.82) is 0 Å². The van der Waals surface area contributed by atoms with Gasteiger partial charge in [-0.05, 0) is 49.7 Å². The lowest BCUT2D eigenvalue weighted by molar-refractivity contribution is 0.0994. The van der Waals surface area contributed by atoms with Gasteiger partial charge in [-0.15, -0.1) is 0 Å². The minimum absolute atomic E-state index is 0.0202. The van der Waals surface area contributed by atoms with Gasteiger partial charge in [-0.2, -0.15) is 0 Å². The number of hydrogen-bond donors (Lipinski definition) is 1. The quantitative estimate of drug-likeness (QED) is 0.666. The molecule has 0 aliphatic carbocycles.